The van der Waals surface area contributed by atoms with E-state index in [0.717, 1.165) is 17.7 Å². The number of rotatable bonds is 5. The van der Waals surface area contributed by atoms with Crippen molar-refractivity contribution in [2.75, 3.05) is 6.54 Å². The van der Waals surface area contributed by atoms with Gasteiger partial charge in [0.1, 0.15) is 0 Å². The van der Waals surface area contributed by atoms with E-state index in [1.165, 1.54) is 11.3 Å². The molecule has 0 aliphatic heterocycles. The normalized spacial score (nSPS) is 12.8. The topological polar surface area (TPSA) is 43.1 Å². The molecule has 78 valence electrons. The molecule has 0 aliphatic rings. The first-order valence-electron chi connectivity index (χ1n) is 4.64. The number of nitrogens with two attached hydrogens (primary N) is 1. The first-order valence-corrected chi connectivity index (χ1v) is 5.84. The molecule has 4 heteroatoms. The molecule has 0 aliphatic carbocycles. The van der Waals surface area contributed by atoms with E-state index in [4.69, 9.17) is 17.3 Å². The zero-order valence-corrected chi connectivity index (χ0v) is 9.70. The number of ketones is 1. The van der Waals surface area contributed by atoms with E-state index >= 15 is 0 Å². The Morgan fingerprint density at radius 1 is 1.64 bits per heavy atom. The summed E-state index contributed by atoms with van der Waals surface area (Å²) in [7, 11) is 0. The van der Waals surface area contributed by atoms with Gasteiger partial charge in [0.2, 0.25) is 0 Å². The van der Waals surface area contributed by atoms with Crippen LogP contribution in [0.3, 0.4) is 0 Å². The SMILES string of the molecule is CC(CCCN)C(=O)c1ccc(Cl)s1. The molecule has 2 nitrogen and oxygen atoms in total. The Labute approximate surface area is 93.1 Å². The van der Waals surface area contributed by atoms with Gasteiger partial charge in [0, 0.05) is 5.92 Å². The summed E-state index contributed by atoms with van der Waals surface area (Å²) < 4.78 is 0.666. The second kappa shape index (κ2) is 5.49. The lowest BCUT2D eigenvalue weighted by Gasteiger charge is -2.07. The van der Waals surface area contributed by atoms with Crippen molar-refractivity contribution in [3.05, 3.63) is 21.3 Å². The third-order valence-corrected chi connectivity index (χ3v) is 3.35. The van der Waals surface area contributed by atoms with Crippen LogP contribution >= 0.6 is 22.9 Å². The Bertz CT molecular complexity index is 311. The van der Waals surface area contributed by atoms with Crippen LogP contribution in [0.4, 0.5) is 0 Å². The molecule has 0 saturated carbocycles. The average Bonchev–Trinajstić information content (AvgIpc) is 2.60. The fraction of sp³-hybridized carbons (Fsp3) is 0.500. The van der Waals surface area contributed by atoms with Gasteiger partial charge < -0.3 is 5.73 Å². The van der Waals surface area contributed by atoms with E-state index in [1.807, 2.05) is 6.92 Å². The fourth-order valence-corrected chi connectivity index (χ4v) is 2.34. The van der Waals surface area contributed by atoms with Gasteiger partial charge in [-0.25, -0.2) is 0 Å². The molecule has 1 heterocycles. The van der Waals surface area contributed by atoms with Crippen LogP contribution in [-0.4, -0.2) is 12.3 Å². The average molecular weight is 232 g/mol. The highest BCUT2D eigenvalue weighted by Crippen LogP contribution is 2.24. The molecule has 1 unspecified atom stereocenters. The zero-order chi connectivity index (χ0) is 10.6. The molecule has 0 amide bonds. The Morgan fingerprint density at radius 3 is 2.86 bits per heavy atom. The minimum atomic E-state index is 0.0493. The number of thiophene rings is 1. The van der Waals surface area contributed by atoms with E-state index in [-0.39, 0.29) is 11.7 Å². The highest BCUT2D eigenvalue weighted by molar-refractivity contribution is 7.18. The van der Waals surface area contributed by atoms with Crippen LogP contribution in [0, 0.1) is 5.92 Å². The summed E-state index contributed by atoms with van der Waals surface area (Å²) in [5, 5.41) is 0. The van der Waals surface area contributed by atoms with Crippen LogP contribution in [0.1, 0.15) is 29.4 Å². The first kappa shape index (κ1) is 11.7. The predicted octanol–water partition coefficient (Wildman–Crippen LogP) is 2.96. The maximum atomic E-state index is 11.8. The molecule has 1 aromatic rings. The summed E-state index contributed by atoms with van der Waals surface area (Å²) >= 11 is 7.10. The molecule has 0 fully saturated rings. The highest BCUT2D eigenvalue weighted by Gasteiger charge is 2.16. The van der Waals surface area contributed by atoms with Crippen molar-refractivity contribution in [2.24, 2.45) is 11.7 Å². The summed E-state index contributed by atoms with van der Waals surface area (Å²) in [6.07, 6.45) is 1.75. The van der Waals surface area contributed by atoms with Gasteiger partial charge in [-0.15, -0.1) is 11.3 Å². The van der Waals surface area contributed by atoms with Crippen LogP contribution in [0.2, 0.25) is 4.34 Å². The third-order valence-electron chi connectivity index (χ3n) is 2.10. The third kappa shape index (κ3) is 3.08. The monoisotopic (exact) mass is 231 g/mol. The number of Topliss-reactive ketones (excluding diaryl/α,β-unsaturated/α-hetero) is 1. The fourth-order valence-electron chi connectivity index (χ4n) is 1.24. The summed E-state index contributed by atoms with van der Waals surface area (Å²) in [6, 6.07) is 3.55. The second-order valence-electron chi connectivity index (χ2n) is 3.30. The van der Waals surface area contributed by atoms with Gasteiger partial charge in [0.15, 0.2) is 5.78 Å². The molecule has 1 rings (SSSR count). The van der Waals surface area contributed by atoms with Gasteiger partial charge in [0.05, 0.1) is 9.21 Å². The Morgan fingerprint density at radius 2 is 2.36 bits per heavy atom. The Kier molecular flexibility index (Phi) is 4.58. The summed E-state index contributed by atoms with van der Waals surface area (Å²) in [5.74, 6) is 0.226. The molecule has 1 atom stereocenters. The lowest BCUT2D eigenvalue weighted by Crippen LogP contribution is -2.11. The van der Waals surface area contributed by atoms with Crippen LogP contribution in [0.15, 0.2) is 12.1 Å². The van der Waals surface area contributed by atoms with Gasteiger partial charge in [0.25, 0.3) is 0 Å². The van der Waals surface area contributed by atoms with Crippen molar-refractivity contribution in [2.45, 2.75) is 19.8 Å². The number of carbonyl (C=O) groups is 1. The number of hydrogen-bond acceptors (Lipinski definition) is 3. The van der Waals surface area contributed by atoms with Crippen molar-refractivity contribution in [3.8, 4) is 0 Å². The van der Waals surface area contributed by atoms with E-state index in [2.05, 4.69) is 0 Å². The van der Waals surface area contributed by atoms with Gasteiger partial charge in [-0.05, 0) is 31.5 Å². The smallest absolute Gasteiger partial charge is 0.175 e. The molecule has 1 aromatic heterocycles. The maximum Gasteiger partial charge on any atom is 0.175 e. The van der Waals surface area contributed by atoms with Crippen molar-refractivity contribution in [3.63, 3.8) is 0 Å². The zero-order valence-electron chi connectivity index (χ0n) is 8.13. The first-order chi connectivity index (χ1) is 6.65. The molecule has 0 bridgehead atoms. The second-order valence-corrected chi connectivity index (χ2v) is 5.02. The largest absolute Gasteiger partial charge is 0.330 e. The van der Waals surface area contributed by atoms with Gasteiger partial charge in [-0.1, -0.05) is 18.5 Å². The molecule has 14 heavy (non-hydrogen) atoms. The quantitative estimate of drug-likeness (QED) is 0.792. The standard InChI is InChI=1S/C10H14ClNOS/c1-7(3-2-6-12)10(13)8-4-5-9(11)14-8/h4-5,7H,2-3,6,12H2,1H3. The minimum absolute atomic E-state index is 0.0493. The predicted molar refractivity (Wildman–Crippen MR) is 61.1 cm³/mol. The van der Waals surface area contributed by atoms with E-state index in [9.17, 15) is 4.79 Å². The number of halogens is 1. The highest BCUT2D eigenvalue weighted by atomic mass is 35.5. The molecule has 0 aromatic carbocycles. The summed E-state index contributed by atoms with van der Waals surface area (Å²) in [6.45, 7) is 2.58. The molecule has 0 spiro atoms. The van der Waals surface area contributed by atoms with Crippen molar-refractivity contribution in [1.82, 2.24) is 0 Å². The Balaban J connectivity index is 2.56. The summed E-state index contributed by atoms with van der Waals surface area (Å²) in [4.78, 5) is 12.5. The van der Waals surface area contributed by atoms with Crippen molar-refractivity contribution in [1.29, 1.82) is 0 Å². The number of carbonyl (C=O) groups excluding carboxylic acids is 1. The van der Waals surface area contributed by atoms with Gasteiger partial charge in [-0.3, -0.25) is 4.79 Å². The van der Waals surface area contributed by atoms with E-state index in [0.29, 0.717) is 10.9 Å². The molecular formula is C10H14ClNOS. The van der Waals surface area contributed by atoms with Gasteiger partial charge in [-0.2, -0.15) is 0 Å². The van der Waals surface area contributed by atoms with Crippen LogP contribution in [0.25, 0.3) is 0 Å². The van der Waals surface area contributed by atoms with Crippen LogP contribution in [-0.2, 0) is 0 Å². The molecule has 2 N–H and O–H groups in total. The lowest BCUT2D eigenvalue weighted by molar-refractivity contribution is 0.0927. The maximum absolute atomic E-state index is 11.8. The van der Waals surface area contributed by atoms with E-state index in [1.54, 1.807) is 12.1 Å². The van der Waals surface area contributed by atoms with E-state index < -0.39 is 0 Å². The Hall–Kier alpha value is -0.380. The minimum Gasteiger partial charge on any atom is -0.330 e. The summed E-state index contributed by atoms with van der Waals surface area (Å²) in [5.41, 5.74) is 5.39. The molecular weight excluding hydrogens is 218 g/mol. The van der Waals surface area contributed by atoms with Crippen LogP contribution in [0.5, 0.6) is 0 Å². The van der Waals surface area contributed by atoms with Crippen molar-refractivity contribution < 1.29 is 4.79 Å². The molecule has 0 radical (unpaired) electrons. The lowest BCUT2D eigenvalue weighted by atomic mass is 9.99. The van der Waals surface area contributed by atoms with Crippen molar-refractivity contribution >= 4 is 28.7 Å². The van der Waals surface area contributed by atoms with Gasteiger partial charge >= 0.3 is 0 Å². The number of hydrogen-bond donors (Lipinski definition) is 1. The molecule has 0 saturated heterocycles. The van der Waals surface area contributed by atoms with Crippen LogP contribution < -0.4 is 5.73 Å².